The quantitative estimate of drug-likeness (QED) is 0.680. The molecular weight excluding hydrogens is 208 g/mol. The van der Waals surface area contributed by atoms with Gasteiger partial charge in [-0.15, -0.1) is 0 Å². The van der Waals surface area contributed by atoms with Gasteiger partial charge in [-0.05, 0) is 18.9 Å². The van der Waals surface area contributed by atoms with E-state index in [-0.39, 0.29) is 11.9 Å². The molecule has 0 saturated carbocycles. The molecule has 78 valence electrons. The number of dihydropyridines is 1. The van der Waals surface area contributed by atoms with E-state index in [1.807, 2.05) is 6.92 Å². The number of guanidine groups is 1. The van der Waals surface area contributed by atoms with Gasteiger partial charge in [0, 0.05) is 5.71 Å². The van der Waals surface area contributed by atoms with Crippen molar-refractivity contribution in [3.8, 4) is 0 Å². The number of aliphatic imine (C=N–C) groups is 3. The molecule has 5 heteroatoms. The normalized spacial score (nSPS) is 24.9. The Balaban J connectivity index is 2.46. The number of amidine groups is 1. The zero-order chi connectivity index (χ0) is 11.0. The first-order chi connectivity index (χ1) is 7.11. The van der Waals surface area contributed by atoms with Crippen LogP contribution < -0.4 is 5.73 Å². The van der Waals surface area contributed by atoms with Crippen molar-refractivity contribution >= 4 is 34.7 Å². The molecule has 0 radical (unpaired) electrons. The average Bonchev–Trinajstić information content (AvgIpc) is 2.18. The number of fused-ring (bicyclic) bond motifs is 1. The van der Waals surface area contributed by atoms with Crippen LogP contribution in [0.1, 0.15) is 20.3 Å². The molecule has 0 bridgehead atoms. The zero-order valence-corrected chi connectivity index (χ0v) is 9.51. The lowest BCUT2D eigenvalue weighted by Gasteiger charge is -2.21. The number of rotatable bonds is 1. The maximum Gasteiger partial charge on any atom is 0.222 e. The Labute approximate surface area is 93.7 Å². The summed E-state index contributed by atoms with van der Waals surface area (Å²) in [6.07, 6.45) is 2.95. The van der Waals surface area contributed by atoms with Gasteiger partial charge in [-0.3, -0.25) is 0 Å². The van der Waals surface area contributed by atoms with Gasteiger partial charge >= 0.3 is 0 Å². The van der Waals surface area contributed by atoms with Gasteiger partial charge in [0.05, 0.1) is 5.92 Å². The number of hydrogen-bond acceptors (Lipinski definition) is 4. The van der Waals surface area contributed by atoms with Crippen molar-refractivity contribution in [2.75, 3.05) is 0 Å². The van der Waals surface area contributed by atoms with Crippen LogP contribution in [0.15, 0.2) is 26.6 Å². The summed E-state index contributed by atoms with van der Waals surface area (Å²) in [5, 5.41) is 0. The molecule has 2 N–H and O–H groups in total. The standard InChI is InChI=1S/C10H12N4S/c1-3-7-5(2)4-6-8(12-7)13-10(11)14-9(6)15/h4,6H,3H2,1-2H3,(H2,11,14,15). The second-order valence-electron chi connectivity index (χ2n) is 3.52. The van der Waals surface area contributed by atoms with Crippen molar-refractivity contribution in [1.29, 1.82) is 0 Å². The Morgan fingerprint density at radius 2 is 2.13 bits per heavy atom. The maximum atomic E-state index is 5.54. The SMILES string of the molecule is CCC1=NC2=NC(N)=NC(=S)C2C=C1C. The van der Waals surface area contributed by atoms with Crippen LogP contribution in [0.5, 0.6) is 0 Å². The highest BCUT2D eigenvalue weighted by molar-refractivity contribution is 7.80. The molecule has 2 aliphatic heterocycles. The van der Waals surface area contributed by atoms with Crippen molar-refractivity contribution in [3.63, 3.8) is 0 Å². The smallest absolute Gasteiger partial charge is 0.222 e. The summed E-state index contributed by atoms with van der Waals surface area (Å²) < 4.78 is 0. The molecule has 1 atom stereocenters. The Kier molecular flexibility index (Phi) is 2.48. The fraction of sp³-hybridized carbons (Fsp3) is 0.400. The van der Waals surface area contributed by atoms with Gasteiger partial charge in [0.25, 0.3) is 0 Å². The van der Waals surface area contributed by atoms with Gasteiger partial charge in [-0.1, -0.05) is 25.2 Å². The monoisotopic (exact) mass is 220 g/mol. The van der Waals surface area contributed by atoms with E-state index in [4.69, 9.17) is 18.0 Å². The minimum atomic E-state index is -0.0670. The highest BCUT2D eigenvalue weighted by Crippen LogP contribution is 2.21. The minimum Gasteiger partial charge on any atom is -0.368 e. The second-order valence-corrected chi connectivity index (χ2v) is 3.94. The summed E-state index contributed by atoms with van der Waals surface area (Å²) in [5.41, 5.74) is 7.74. The molecule has 0 aromatic rings. The first-order valence-electron chi connectivity index (χ1n) is 4.84. The first-order valence-corrected chi connectivity index (χ1v) is 5.25. The number of hydrogen-bond donors (Lipinski definition) is 1. The molecule has 4 nitrogen and oxygen atoms in total. The van der Waals surface area contributed by atoms with Crippen molar-refractivity contribution in [2.45, 2.75) is 20.3 Å². The van der Waals surface area contributed by atoms with Crippen molar-refractivity contribution in [2.24, 2.45) is 26.6 Å². The molecule has 1 unspecified atom stereocenters. The van der Waals surface area contributed by atoms with Crippen LogP contribution in [0, 0.1) is 5.92 Å². The van der Waals surface area contributed by atoms with E-state index >= 15 is 0 Å². The Bertz CT molecular complexity index is 442. The van der Waals surface area contributed by atoms with E-state index < -0.39 is 0 Å². The number of thiocarbonyl (C=S) groups is 1. The lowest BCUT2D eigenvalue weighted by Crippen LogP contribution is -2.31. The van der Waals surface area contributed by atoms with E-state index in [0.717, 1.165) is 17.7 Å². The third-order valence-corrected chi connectivity index (χ3v) is 2.80. The Morgan fingerprint density at radius 1 is 1.40 bits per heavy atom. The van der Waals surface area contributed by atoms with E-state index in [2.05, 4.69) is 28.0 Å². The summed E-state index contributed by atoms with van der Waals surface area (Å²) in [6.45, 7) is 4.10. The Morgan fingerprint density at radius 3 is 2.80 bits per heavy atom. The summed E-state index contributed by atoms with van der Waals surface area (Å²) in [5.74, 6) is 0.816. The van der Waals surface area contributed by atoms with Crippen molar-refractivity contribution < 1.29 is 0 Å². The molecule has 0 aromatic heterocycles. The van der Waals surface area contributed by atoms with Crippen LogP contribution in [-0.2, 0) is 0 Å². The molecule has 0 amide bonds. The number of nitrogens with zero attached hydrogens (tertiary/aromatic N) is 3. The molecular formula is C10H12N4S. The van der Waals surface area contributed by atoms with E-state index in [1.165, 1.54) is 0 Å². The summed E-state index contributed by atoms with van der Waals surface area (Å²) >= 11 is 5.15. The molecule has 0 spiro atoms. The summed E-state index contributed by atoms with van der Waals surface area (Å²) in [7, 11) is 0. The second kappa shape index (κ2) is 3.66. The van der Waals surface area contributed by atoms with Crippen LogP contribution in [0.2, 0.25) is 0 Å². The van der Waals surface area contributed by atoms with Crippen LogP contribution in [-0.4, -0.2) is 22.5 Å². The predicted molar refractivity (Wildman–Crippen MR) is 66.6 cm³/mol. The molecule has 0 saturated heterocycles. The van der Waals surface area contributed by atoms with Crippen molar-refractivity contribution in [3.05, 3.63) is 11.6 Å². The van der Waals surface area contributed by atoms with E-state index in [1.54, 1.807) is 0 Å². The van der Waals surface area contributed by atoms with Gasteiger partial charge in [-0.2, -0.15) is 4.99 Å². The predicted octanol–water partition coefficient (Wildman–Crippen LogP) is 1.47. The van der Waals surface area contributed by atoms with Crippen LogP contribution >= 0.6 is 12.2 Å². The number of allylic oxidation sites excluding steroid dienone is 1. The largest absolute Gasteiger partial charge is 0.368 e. The molecule has 0 aliphatic carbocycles. The topological polar surface area (TPSA) is 63.1 Å². The lowest BCUT2D eigenvalue weighted by molar-refractivity contribution is 1.09. The molecule has 2 rings (SSSR count). The van der Waals surface area contributed by atoms with Crippen LogP contribution in [0.3, 0.4) is 0 Å². The van der Waals surface area contributed by atoms with Gasteiger partial charge in [0.2, 0.25) is 5.96 Å². The van der Waals surface area contributed by atoms with Gasteiger partial charge in [-0.25, -0.2) is 9.98 Å². The Hall–Kier alpha value is -1.36. The number of nitrogens with two attached hydrogens (primary N) is 1. The van der Waals surface area contributed by atoms with Crippen LogP contribution in [0.4, 0.5) is 0 Å². The molecule has 0 aromatic carbocycles. The first kappa shape index (κ1) is 10.2. The average molecular weight is 220 g/mol. The fourth-order valence-electron chi connectivity index (χ4n) is 1.68. The highest BCUT2D eigenvalue weighted by Gasteiger charge is 2.26. The summed E-state index contributed by atoms with van der Waals surface area (Å²) in [4.78, 5) is 13.1. The highest BCUT2D eigenvalue weighted by atomic mass is 32.1. The molecule has 2 aliphatic rings. The van der Waals surface area contributed by atoms with Gasteiger partial charge in [0.1, 0.15) is 10.8 Å². The van der Waals surface area contributed by atoms with Crippen LogP contribution in [0.25, 0.3) is 0 Å². The minimum absolute atomic E-state index is 0.0670. The zero-order valence-electron chi connectivity index (χ0n) is 8.69. The van der Waals surface area contributed by atoms with Gasteiger partial charge in [0.15, 0.2) is 0 Å². The van der Waals surface area contributed by atoms with E-state index in [0.29, 0.717) is 10.8 Å². The third kappa shape index (κ3) is 1.74. The van der Waals surface area contributed by atoms with E-state index in [9.17, 15) is 0 Å². The van der Waals surface area contributed by atoms with Crippen molar-refractivity contribution in [1.82, 2.24) is 0 Å². The van der Waals surface area contributed by atoms with Gasteiger partial charge < -0.3 is 5.73 Å². The fourth-order valence-corrected chi connectivity index (χ4v) is 1.94. The molecule has 0 fully saturated rings. The maximum absolute atomic E-state index is 5.54. The third-order valence-electron chi connectivity index (χ3n) is 2.45. The molecule has 2 heterocycles. The summed E-state index contributed by atoms with van der Waals surface area (Å²) in [6, 6.07) is 0. The molecule has 15 heavy (non-hydrogen) atoms. The lowest BCUT2D eigenvalue weighted by atomic mass is 9.97.